The molecule has 1 atom stereocenters. The Balaban J connectivity index is 1.28. The van der Waals surface area contributed by atoms with Gasteiger partial charge in [-0.25, -0.2) is 4.98 Å². The molecule has 4 rings (SSSR count). The monoisotopic (exact) mass is 412 g/mol. The molecule has 1 aliphatic rings. The lowest BCUT2D eigenvalue weighted by molar-refractivity contribution is -0.133. The number of amides is 1. The summed E-state index contributed by atoms with van der Waals surface area (Å²) in [5.41, 5.74) is 0.553. The van der Waals surface area contributed by atoms with Crippen LogP contribution in [0.15, 0.2) is 52.9 Å². The van der Waals surface area contributed by atoms with E-state index in [1.165, 1.54) is 10.9 Å². The zero-order valence-corrected chi connectivity index (χ0v) is 16.9. The largest absolute Gasteiger partial charge is 0.386 e. The predicted molar refractivity (Wildman–Crippen MR) is 113 cm³/mol. The first-order valence-electron chi connectivity index (χ1n) is 9.77. The van der Waals surface area contributed by atoms with Gasteiger partial charge in [0.25, 0.3) is 5.56 Å². The SMILES string of the molecule is O=C(CCn1cnc2ccccc2c1=O)N1CCN(CC(O)c2cccs2)CC1. The second kappa shape index (κ2) is 8.86. The number of carbonyl (C=O) groups is 1. The Morgan fingerprint density at radius 2 is 1.93 bits per heavy atom. The van der Waals surface area contributed by atoms with E-state index in [9.17, 15) is 14.7 Å². The van der Waals surface area contributed by atoms with Crippen LogP contribution >= 0.6 is 11.3 Å². The molecule has 1 saturated heterocycles. The summed E-state index contributed by atoms with van der Waals surface area (Å²) >= 11 is 1.56. The normalized spacial score (nSPS) is 16.2. The van der Waals surface area contributed by atoms with Crippen LogP contribution in [0.3, 0.4) is 0 Å². The van der Waals surface area contributed by atoms with Crippen LogP contribution in [-0.2, 0) is 11.3 Å². The Bertz CT molecular complexity index is 1030. The summed E-state index contributed by atoms with van der Waals surface area (Å²) in [6, 6.07) is 11.1. The van der Waals surface area contributed by atoms with Crippen molar-refractivity contribution < 1.29 is 9.90 Å². The number of rotatable bonds is 6. The van der Waals surface area contributed by atoms with Crippen LogP contribution in [0.2, 0.25) is 0 Å². The Labute approximate surface area is 172 Å². The van der Waals surface area contributed by atoms with Crippen molar-refractivity contribution in [2.45, 2.75) is 19.1 Å². The minimum absolute atomic E-state index is 0.0449. The molecule has 2 aromatic heterocycles. The third-order valence-electron chi connectivity index (χ3n) is 5.33. The Morgan fingerprint density at radius 1 is 1.14 bits per heavy atom. The van der Waals surface area contributed by atoms with Crippen molar-refractivity contribution in [1.82, 2.24) is 19.4 Å². The maximum Gasteiger partial charge on any atom is 0.261 e. The van der Waals surface area contributed by atoms with E-state index in [1.807, 2.05) is 34.5 Å². The first-order chi connectivity index (χ1) is 14.1. The number of hydrogen-bond acceptors (Lipinski definition) is 6. The molecule has 0 bridgehead atoms. The molecule has 3 heterocycles. The summed E-state index contributed by atoms with van der Waals surface area (Å²) in [6.45, 7) is 3.67. The lowest BCUT2D eigenvalue weighted by Gasteiger charge is -2.35. The first kappa shape index (κ1) is 19.8. The number of aliphatic hydroxyl groups excluding tert-OH is 1. The number of aryl methyl sites for hydroxylation is 1. The number of carbonyl (C=O) groups excluding carboxylic acids is 1. The van der Waals surface area contributed by atoms with Crippen LogP contribution in [0.4, 0.5) is 0 Å². The van der Waals surface area contributed by atoms with Crippen molar-refractivity contribution in [3.8, 4) is 0 Å². The molecule has 1 amide bonds. The Morgan fingerprint density at radius 3 is 2.69 bits per heavy atom. The summed E-state index contributed by atoms with van der Waals surface area (Å²) in [5.74, 6) is 0.0449. The van der Waals surface area contributed by atoms with Crippen LogP contribution in [-0.4, -0.2) is 63.1 Å². The first-order valence-corrected chi connectivity index (χ1v) is 10.7. The number of aliphatic hydroxyl groups is 1. The summed E-state index contributed by atoms with van der Waals surface area (Å²) in [5, 5.41) is 12.8. The highest BCUT2D eigenvalue weighted by Gasteiger charge is 2.23. The topological polar surface area (TPSA) is 78.7 Å². The summed E-state index contributed by atoms with van der Waals surface area (Å²) in [4.78, 5) is 34.4. The molecule has 8 heteroatoms. The van der Waals surface area contributed by atoms with Crippen molar-refractivity contribution in [3.05, 3.63) is 63.3 Å². The quantitative estimate of drug-likeness (QED) is 0.667. The number of aromatic nitrogens is 2. The highest BCUT2D eigenvalue weighted by atomic mass is 32.1. The van der Waals surface area contributed by atoms with Crippen molar-refractivity contribution in [1.29, 1.82) is 0 Å². The molecular formula is C21H24N4O3S. The summed E-state index contributed by atoms with van der Waals surface area (Å²) in [7, 11) is 0. The maximum atomic E-state index is 12.6. The van der Waals surface area contributed by atoms with Gasteiger partial charge in [0.1, 0.15) is 6.10 Å². The van der Waals surface area contributed by atoms with Crippen LogP contribution in [0, 0.1) is 0 Å². The number of β-amino-alcohol motifs (C(OH)–C–C–N with tert-alkyl or cyclic N) is 1. The van der Waals surface area contributed by atoms with E-state index in [1.54, 1.807) is 23.5 Å². The molecule has 152 valence electrons. The molecule has 0 aliphatic carbocycles. The summed E-state index contributed by atoms with van der Waals surface area (Å²) < 4.78 is 1.51. The van der Waals surface area contributed by atoms with Gasteiger partial charge in [0, 0.05) is 50.6 Å². The lowest BCUT2D eigenvalue weighted by Crippen LogP contribution is -2.49. The fraction of sp³-hybridized carbons (Fsp3) is 0.381. The average molecular weight is 413 g/mol. The minimum Gasteiger partial charge on any atom is -0.386 e. The molecule has 1 fully saturated rings. The van der Waals surface area contributed by atoms with Gasteiger partial charge in [-0.1, -0.05) is 18.2 Å². The molecule has 1 aliphatic heterocycles. The van der Waals surface area contributed by atoms with Crippen LogP contribution in [0.1, 0.15) is 17.4 Å². The smallest absolute Gasteiger partial charge is 0.261 e. The minimum atomic E-state index is -0.482. The van der Waals surface area contributed by atoms with Gasteiger partial charge in [-0.05, 0) is 23.6 Å². The van der Waals surface area contributed by atoms with Gasteiger partial charge in [-0.15, -0.1) is 11.3 Å². The Kier molecular flexibility index (Phi) is 6.03. The van der Waals surface area contributed by atoms with E-state index in [2.05, 4.69) is 9.88 Å². The number of fused-ring (bicyclic) bond motifs is 1. The second-order valence-corrected chi connectivity index (χ2v) is 8.20. The number of piperazine rings is 1. The molecule has 7 nitrogen and oxygen atoms in total. The highest BCUT2D eigenvalue weighted by molar-refractivity contribution is 7.10. The third-order valence-corrected chi connectivity index (χ3v) is 6.30. The van der Waals surface area contributed by atoms with E-state index in [0.717, 1.165) is 18.0 Å². The molecular weight excluding hydrogens is 388 g/mol. The fourth-order valence-corrected chi connectivity index (χ4v) is 4.34. The van der Waals surface area contributed by atoms with E-state index in [4.69, 9.17) is 0 Å². The molecule has 3 aromatic rings. The van der Waals surface area contributed by atoms with Crippen LogP contribution in [0.25, 0.3) is 10.9 Å². The van der Waals surface area contributed by atoms with Gasteiger partial charge in [-0.3, -0.25) is 19.1 Å². The molecule has 0 saturated carbocycles. The number of para-hydroxylation sites is 1. The zero-order chi connectivity index (χ0) is 20.2. The summed E-state index contributed by atoms with van der Waals surface area (Å²) in [6.07, 6.45) is 1.31. The fourth-order valence-electron chi connectivity index (χ4n) is 3.63. The van der Waals surface area contributed by atoms with E-state index < -0.39 is 6.10 Å². The molecule has 1 N–H and O–H groups in total. The van der Waals surface area contributed by atoms with E-state index in [0.29, 0.717) is 37.1 Å². The van der Waals surface area contributed by atoms with E-state index in [-0.39, 0.29) is 17.9 Å². The van der Waals surface area contributed by atoms with Crippen molar-refractivity contribution >= 4 is 28.1 Å². The van der Waals surface area contributed by atoms with Crippen molar-refractivity contribution in [2.75, 3.05) is 32.7 Å². The predicted octanol–water partition coefficient (Wildman–Crippen LogP) is 1.73. The van der Waals surface area contributed by atoms with Crippen LogP contribution < -0.4 is 5.56 Å². The van der Waals surface area contributed by atoms with Crippen LogP contribution in [0.5, 0.6) is 0 Å². The Hall–Kier alpha value is -2.55. The molecule has 0 radical (unpaired) electrons. The van der Waals surface area contributed by atoms with Gasteiger partial charge in [0.15, 0.2) is 0 Å². The zero-order valence-electron chi connectivity index (χ0n) is 16.1. The second-order valence-electron chi connectivity index (χ2n) is 7.22. The molecule has 1 aromatic carbocycles. The molecule has 0 spiro atoms. The standard InChI is InChI=1S/C21H24N4O3S/c26-18(19-6-3-13-29-19)14-23-9-11-24(12-10-23)20(27)7-8-25-15-22-17-5-2-1-4-16(17)21(25)28/h1-6,13,15,18,26H,7-12,14H2. The number of hydrogen-bond donors (Lipinski definition) is 1. The number of nitrogens with zero attached hydrogens (tertiary/aromatic N) is 4. The van der Waals surface area contributed by atoms with Gasteiger partial charge >= 0.3 is 0 Å². The third kappa shape index (κ3) is 4.55. The molecule has 1 unspecified atom stereocenters. The van der Waals surface area contributed by atoms with Crippen molar-refractivity contribution in [2.24, 2.45) is 0 Å². The van der Waals surface area contributed by atoms with Gasteiger partial charge in [0.2, 0.25) is 5.91 Å². The average Bonchev–Trinajstić information content (AvgIpc) is 3.29. The maximum absolute atomic E-state index is 12.6. The number of benzene rings is 1. The van der Waals surface area contributed by atoms with Gasteiger partial charge in [0.05, 0.1) is 17.2 Å². The van der Waals surface area contributed by atoms with Gasteiger partial charge < -0.3 is 10.0 Å². The van der Waals surface area contributed by atoms with Crippen molar-refractivity contribution in [3.63, 3.8) is 0 Å². The number of thiophene rings is 1. The van der Waals surface area contributed by atoms with Gasteiger partial charge in [-0.2, -0.15) is 0 Å². The lowest BCUT2D eigenvalue weighted by atomic mass is 10.2. The molecule has 29 heavy (non-hydrogen) atoms. The highest BCUT2D eigenvalue weighted by Crippen LogP contribution is 2.20. The van der Waals surface area contributed by atoms with E-state index >= 15 is 0 Å².